The van der Waals surface area contributed by atoms with Crippen LogP contribution in [0.4, 0.5) is 0 Å². The quantitative estimate of drug-likeness (QED) is 0.145. The van der Waals surface area contributed by atoms with E-state index in [9.17, 15) is 9.59 Å². The van der Waals surface area contributed by atoms with Crippen molar-refractivity contribution >= 4 is 22.7 Å². The van der Waals surface area contributed by atoms with Crippen molar-refractivity contribution in [3.8, 4) is 0 Å². The summed E-state index contributed by atoms with van der Waals surface area (Å²) in [4.78, 5) is 34.0. The summed E-state index contributed by atoms with van der Waals surface area (Å²) in [5, 5.41) is 1.20. The maximum absolute atomic E-state index is 13.7. The second-order valence-electron chi connectivity index (χ2n) is 11.2. The molecule has 0 unspecified atom stereocenters. The van der Waals surface area contributed by atoms with Crippen LogP contribution in [0.5, 0.6) is 0 Å². The van der Waals surface area contributed by atoms with Crippen molar-refractivity contribution < 1.29 is 9.59 Å². The number of nitrogens with one attached hydrogen (secondary N) is 1. The van der Waals surface area contributed by atoms with Crippen LogP contribution in [0, 0.1) is 0 Å². The first-order chi connectivity index (χ1) is 19.6. The molecule has 0 fully saturated rings. The maximum atomic E-state index is 13.7. The van der Waals surface area contributed by atoms with Gasteiger partial charge in [-0.3, -0.25) is 9.59 Å². The number of nitrogens with zero attached hydrogens (tertiary/aromatic N) is 2. The molecule has 0 aliphatic heterocycles. The van der Waals surface area contributed by atoms with Crippen molar-refractivity contribution in [3.05, 3.63) is 71.9 Å². The van der Waals surface area contributed by atoms with Gasteiger partial charge < -0.3 is 14.8 Å². The second-order valence-corrected chi connectivity index (χ2v) is 11.2. The Morgan fingerprint density at radius 3 is 2.05 bits per heavy atom. The van der Waals surface area contributed by atoms with Crippen molar-refractivity contribution in [2.24, 2.45) is 0 Å². The summed E-state index contributed by atoms with van der Waals surface area (Å²) in [7, 11) is 0. The average Bonchev–Trinajstić information content (AvgIpc) is 3.39. The van der Waals surface area contributed by atoms with E-state index in [1.54, 1.807) is 0 Å². The van der Waals surface area contributed by atoms with Gasteiger partial charge in [0, 0.05) is 43.2 Å². The van der Waals surface area contributed by atoms with Crippen LogP contribution in [0.1, 0.15) is 102 Å². The topological polar surface area (TPSA) is 56.4 Å². The minimum Gasteiger partial charge on any atom is -0.361 e. The van der Waals surface area contributed by atoms with Gasteiger partial charge in [-0.2, -0.15) is 0 Å². The van der Waals surface area contributed by atoms with Crippen LogP contribution in [0.2, 0.25) is 0 Å². The summed E-state index contributed by atoms with van der Waals surface area (Å²) in [5.41, 5.74) is 3.44. The van der Waals surface area contributed by atoms with Gasteiger partial charge in [0.1, 0.15) is 0 Å². The van der Waals surface area contributed by atoms with Gasteiger partial charge in [-0.05, 0) is 36.5 Å². The number of benzene rings is 2. The molecule has 2 aromatic carbocycles. The Kier molecular flexibility index (Phi) is 14.4. The first-order valence-electron chi connectivity index (χ1n) is 15.8. The van der Waals surface area contributed by atoms with Gasteiger partial charge in [0.25, 0.3) is 0 Å². The number of unbranched alkanes of at least 4 members (excludes halogenated alkanes) is 9. The Morgan fingerprint density at radius 1 is 0.675 bits per heavy atom. The molecule has 0 spiro atoms. The molecule has 3 aromatic rings. The molecule has 0 aliphatic rings. The van der Waals surface area contributed by atoms with Crippen molar-refractivity contribution in [2.45, 2.75) is 104 Å². The molecule has 3 rings (SSSR count). The van der Waals surface area contributed by atoms with E-state index in [0.717, 1.165) is 43.2 Å². The zero-order valence-electron chi connectivity index (χ0n) is 25.0. The average molecular weight is 546 g/mol. The lowest BCUT2D eigenvalue weighted by molar-refractivity contribution is -0.141. The fourth-order valence-corrected chi connectivity index (χ4v) is 5.34. The number of amides is 2. The van der Waals surface area contributed by atoms with Gasteiger partial charge >= 0.3 is 0 Å². The van der Waals surface area contributed by atoms with Crippen LogP contribution in [-0.4, -0.2) is 46.2 Å². The number of H-pyrrole nitrogens is 1. The minimum atomic E-state index is 0.0280. The van der Waals surface area contributed by atoms with Gasteiger partial charge in [0.2, 0.25) is 11.8 Å². The highest BCUT2D eigenvalue weighted by Crippen LogP contribution is 2.19. The number of hydrogen-bond donors (Lipinski definition) is 1. The maximum Gasteiger partial charge on any atom is 0.242 e. The van der Waals surface area contributed by atoms with Gasteiger partial charge in [-0.15, -0.1) is 0 Å². The van der Waals surface area contributed by atoms with E-state index in [0.29, 0.717) is 26.1 Å². The number of fused-ring (bicyclic) bond motifs is 1. The highest BCUT2D eigenvalue weighted by Gasteiger charge is 2.21. The molecule has 218 valence electrons. The molecule has 0 aliphatic carbocycles. The molecule has 40 heavy (non-hydrogen) atoms. The molecule has 2 amide bonds. The Balaban J connectivity index is 1.56. The van der Waals surface area contributed by atoms with Crippen LogP contribution in [0.25, 0.3) is 10.9 Å². The first-order valence-corrected chi connectivity index (χ1v) is 15.8. The smallest absolute Gasteiger partial charge is 0.242 e. The summed E-state index contributed by atoms with van der Waals surface area (Å²) < 4.78 is 0. The molecule has 0 atom stereocenters. The number of rotatable bonds is 20. The molecule has 1 heterocycles. The number of para-hydroxylation sites is 1. The third kappa shape index (κ3) is 10.8. The van der Waals surface area contributed by atoms with Gasteiger partial charge in [0.05, 0.1) is 6.54 Å². The number of carbonyl (C=O) groups excluding carboxylic acids is 2. The summed E-state index contributed by atoms with van der Waals surface area (Å²) in [5.74, 6) is 0.154. The highest BCUT2D eigenvalue weighted by molar-refractivity contribution is 5.85. The van der Waals surface area contributed by atoms with Crippen molar-refractivity contribution in [1.29, 1.82) is 0 Å². The molecule has 0 saturated heterocycles. The van der Waals surface area contributed by atoms with E-state index < -0.39 is 0 Å². The molecule has 5 heteroatoms. The lowest BCUT2D eigenvalue weighted by Crippen LogP contribution is -2.43. The SMILES string of the molecule is CCCCCCCCCCCC(=O)N(CCCC)CC(=O)N(CCc1c[nH]c2ccccc12)Cc1ccccc1. The molecule has 0 bridgehead atoms. The Labute approximate surface area is 242 Å². The Morgan fingerprint density at radius 2 is 1.32 bits per heavy atom. The van der Waals surface area contributed by atoms with E-state index in [1.807, 2.05) is 34.1 Å². The van der Waals surface area contributed by atoms with Gasteiger partial charge in [-0.1, -0.05) is 120 Å². The van der Waals surface area contributed by atoms with Crippen LogP contribution in [0.3, 0.4) is 0 Å². The van der Waals surface area contributed by atoms with E-state index in [1.165, 1.54) is 55.9 Å². The molecular weight excluding hydrogens is 494 g/mol. The first kappa shape index (κ1) is 31.4. The molecule has 0 saturated carbocycles. The van der Waals surface area contributed by atoms with E-state index >= 15 is 0 Å². The Hall–Kier alpha value is -3.08. The van der Waals surface area contributed by atoms with Crippen molar-refractivity contribution in [1.82, 2.24) is 14.8 Å². The third-order valence-corrected chi connectivity index (χ3v) is 7.85. The lowest BCUT2D eigenvalue weighted by atomic mass is 10.1. The summed E-state index contributed by atoms with van der Waals surface area (Å²) in [6, 6.07) is 18.4. The fourth-order valence-electron chi connectivity index (χ4n) is 5.34. The highest BCUT2D eigenvalue weighted by atomic mass is 16.2. The number of carbonyl (C=O) groups is 2. The second kappa shape index (κ2) is 18.3. The standard InChI is InChI=1S/C35H51N3O2/c1-3-5-7-8-9-10-11-12-16-23-34(39)37(25-6-4-2)29-35(40)38(28-30-19-14-13-15-20-30)26-24-31-27-36-33-22-18-17-21-32(31)33/h13-15,17-22,27,36H,3-12,16,23-26,28-29H2,1-2H3. The summed E-state index contributed by atoms with van der Waals surface area (Å²) >= 11 is 0. The van der Waals surface area contributed by atoms with Gasteiger partial charge in [0.15, 0.2) is 0 Å². The summed E-state index contributed by atoms with van der Waals surface area (Å²) in [6.45, 7) is 6.37. The summed E-state index contributed by atoms with van der Waals surface area (Å²) in [6.07, 6.45) is 16.4. The van der Waals surface area contributed by atoms with E-state index in [-0.39, 0.29) is 18.4 Å². The zero-order chi connectivity index (χ0) is 28.4. The number of aromatic amines is 1. The van der Waals surface area contributed by atoms with E-state index in [4.69, 9.17) is 0 Å². The van der Waals surface area contributed by atoms with Crippen LogP contribution in [-0.2, 0) is 22.6 Å². The molecule has 1 aromatic heterocycles. The number of hydrogen-bond acceptors (Lipinski definition) is 2. The molecular formula is C35H51N3O2. The predicted molar refractivity (Wildman–Crippen MR) is 167 cm³/mol. The van der Waals surface area contributed by atoms with Gasteiger partial charge in [-0.25, -0.2) is 0 Å². The van der Waals surface area contributed by atoms with Crippen molar-refractivity contribution in [3.63, 3.8) is 0 Å². The minimum absolute atomic E-state index is 0.0280. The number of aromatic nitrogens is 1. The third-order valence-electron chi connectivity index (χ3n) is 7.85. The predicted octanol–water partition coefficient (Wildman–Crippen LogP) is 8.29. The van der Waals surface area contributed by atoms with Crippen LogP contribution in [0.15, 0.2) is 60.8 Å². The molecule has 1 N–H and O–H groups in total. The normalized spacial score (nSPS) is 11.2. The molecule has 0 radical (unpaired) electrons. The monoisotopic (exact) mass is 545 g/mol. The Bertz CT molecular complexity index is 1120. The fraction of sp³-hybridized carbons (Fsp3) is 0.543. The lowest BCUT2D eigenvalue weighted by Gasteiger charge is -2.28. The molecule has 5 nitrogen and oxygen atoms in total. The van der Waals surface area contributed by atoms with Crippen LogP contribution < -0.4 is 0 Å². The van der Waals surface area contributed by atoms with Crippen molar-refractivity contribution in [2.75, 3.05) is 19.6 Å². The van der Waals surface area contributed by atoms with Crippen LogP contribution >= 0.6 is 0 Å². The zero-order valence-corrected chi connectivity index (χ0v) is 25.0. The van der Waals surface area contributed by atoms with E-state index in [2.05, 4.69) is 55.4 Å². The largest absolute Gasteiger partial charge is 0.361 e.